The van der Waals surface area contributed by atoms with Crippen molar-refractivity contribution in [2.75, 3.05) is 6.54 Å². The van der Waals surface area contributed by atoms with E-state index in [0.717, 1.165) is 25.8 Å². The van der Waals surface area contributed by atoms with Crippen molar-refractivity contribution >= 4 is 5.91 Å². The number of nitrogens with zero attached hydrogens (tertiary/aromatic N) is 2. The fourth-order valence-electron chi connectivity index (χ4n) is 3.32. The van der Waals surface area contributed by atoms with Crippen molar-refractivity contribution in [1.29, 1.82) is 0 Å². The lowest BCUT2D eigenvalue weighted by Crippen LogP contribution is -2.46. The summed E-state index contributed by atoms with van der Waals surface area (Å²) < 4.78 is 2.13. The summed E-state index contributed by atoms with van der Waals surface area (Å²) in [6.45, 7) is 5.06. The van der Waals surface area contributed by atoms with Crippen LogP contribution in [0.3, 0.4) is 0 Å². The first-order valence-electron chi connectivity index (χ1n) is 8.18. The Labute approximate surface area is 128 Å². The second kappa shape index (κ2) is 7.12. The van der Waals surface area contributed by atoms with Gasteiger partial charge in [-0.05, 0) is 37.3 Å². The number of aryl methyl sites for hydroxylation is 1. The van der Waals surface area contributed by atoms with Gasteiger partial charge in [-0.2, -0.15) is 0 Å². The highest BCUT2D eigenvalue weighted by molar-refractivity contribution is 5.82. The highest BCUT2D eigenvalue weighted by Crippen LogP contribution is 2.30. The highest BCUT2D eigenvalue weighted by Gasteiger charge is 2.31. The SMILES string of the molecule is CC(C)C[C@@H](N)C(=O)N1CCCCCC1c1cccn1C. The Morgan fingerprint density at radius 2 is 2.14 bits per heavy atom. The van der Waals surface area contributed by atoms with Gasteiger partial charge >= 0.3 is 0 Å². The van der Waals surface area contributed by atoms with Crippen molar-refractivity contribution in [1.82, 2.24) is 9.47 Å². The van der Waals surface area contributed by atoms with Crippen LogP contribution in [0.4, 0.5) is 0 Å². The summed E-state index contributed by atoms with van der Waals surface area (Å²) in [5.74, 6) is 0.571. The number of carbonyl (C=O) groups is 1. The summed E-state index contributed by atoms with van der Waals surface area (Å²) in [5, 5.41) is 0. The van der Waals surface area contributed by atoms with Gasteiger partial charge in [0.15, 0.2) is 0 Å². The zero-order chi connectivity index (χ0) is 15.4. The standard InChI is InChI=1S/C17H29N3O/c1-13(2)12-14(18)17(21)20-11-6-4-5-8-16(20)15-9-7-10-19(15)3/h7,9-10,13-14,16H,4-6,8,11-12,18H2,1-3H3/t14-,16?/m1/s1. The van der Waals surface area contributed by atoms with Gasteiger partial charge in [-0.1, -0.05) is 26.7 Å². The predicted octanol–water partition coefficient (Wildman–Crippen LogP) is 2.84. The van der Waals surface area contributed by atoms with Crippen LogP contribution in [0.1, 0.15) is 57.7 Å². The number of rotatable bonds is 4. The summed E-state index contributed by atoms with van der Waals surface area (Å²) >= 11 is 0. The number of nitrogens with two attached hydrogens (primary N) is 1. The third-order valence-electron chi connectivity index (χ3n) is 4.40. The van der Waals surface area contributed by atoms with Crippen molar-refractivity contribution < 1.29 is 4.79 Å². The second-order valence-electron chi connectivity index (χ2n) is 6.68. The third-order valence-corrected chi connectivity index (χ3v) is 4.40. The third kappa shape index (κ3) is 3.88. The molecule has 4 nitrogen and oxygen atoms in total. The van der Waals surface area contributed by atoms with Gasteiger partial charge < -0.3 is 15.2 Å². The summed E-state index contributed by atoms with van der Waals surface area (Å²) in [7, 11) is 2.05. The highest BCUT2D eigenvalue weighted by atomic mass is 16.2. The number of likely N-dealkylation sites (tertiary alicyclic amines) is 1. The molecule has 0 bridgehead atoms. The van der Waals surface area contributed by atoms with Gasteiger partial charge in [0, 0.05) is 25.5 Å². The van der Waals surface area contributed by atoms with Crippen LogP contribution in [-0.4, -0.2) is 28.0 Å². The molecule has 0 aromatic carbocycles. The lowest BCUT2D eigenvalue weighted by Gasteiger charge is -2.33. The summed E-state index contributed by atoms with van der Waals surface area (Å²) in [6, 6.07) is 3.99. The van der Waals surface area contributed by atoms with Crippen LogP contribution in [0.15, 0.2) is 18.3 Å². The van der Waals surface area contributed by atoms with E-state index < -0.39 is 0 Å². The van der Waals surface area contributed by atoms with Crippen LogP contribution in [0.2, 0.25) is 0 Å². The molecular weight excluding hydrogens is 262 g/mol. The lowest BCUT2D eigenvalue weighted by molar-refractivity contribution is -0.135. The van der Waals surface area contributed by atoms with Gasteiger partial charge in [0.1, 0.15) is 0 Å². The van der Waals surface area contributed by atoms with E-state index in [-0.39, 0.29) is 18.0 Å². The van der Waals surface area contributed by atoms with Crippen LogP contribution < -0.4 is 5.73 Å². The first-order chi connectivity index (χ1) is 10.0. The molecule has 4 heteroatoms. The van der Waals surface area contributed by atoms with E-state index >= 15 is 0 Å². The number of aromatic nitrogens is 1. The summed E-state index contributed by atoms with van der Waals surface area (Å²) in [6.07, 6.45) is 7.31. The average Bonchev–Trinajstić information content (AvgIpc) is 2.71. The van der Waals surface area contributed by atoms with Crippen molar-refractivity contribution in [2.45, 2.75) is 58.0 Å². The second-order valence-corrected chi connectivity index (χ2v) is 6.68. The van der Waals surface area contributed by atoms with Gasteiger partial charge in [-0.15, -0.1) is 0 Å². The molecule has 2 N–H and O–H groups in total. The smallest absolute Gasteiger partial charge is 0.240 e. The molecule has 2 rings (SSSR count). The Kier molecular flexibility index (Phi) is 5.45. The average molecular weight is 291 g/mol. The Morgan fingerprint density at radius 1 is 1.38 bits per heavy atom. The van der Waals surface area contributed by atoms with Crippen molar-refractivity contribution in [3.05, 3.63) is 24.0 Å². The molecule has 1 aromatic heterocycles. The topological polar surface area (TPSA) is 51.3 Å². The van der Waals surface area contributed by atoms with E-state index in [0.29, 0.717) is 5.92 Å². The fraction of sp³-hybridized carbons (Fsp3) is 0.706. The van der Waals surface area contributed by atoms with Crippen molar-refractivity contribution in [3.8, 4) is 0 Å². The number of hydrogen-bond acceptors (Lipinski definition) is 2. The summed E-state index contributed by atoms with van der Waals surface area (Å²) in [5.41, 5.74) is 7.38. The molecule has 118 valence electrons. The zero-order valence-corrected chi connectivity index (χ0v) is 13.6. The van der Waals surface area contributed by atoms with Gasteiger partial charge in [0.25, 0.3) is 0 Å². The van der Waals surface area contributed by atoms with E-state index in [9.17, 15) is 4.79 Å². The molecule has 1 amide bonds. The predicted molar refractivity (Wildman–Crippen MR) is 85.8 cm³/mol. The van der Waals surface area contributed by atoms with Gasteiger partial charge in [0.05, 0.1) is 12.1 Å². The normalized spacial score (nSPS) is 21.4. The molecule has 1 unspecified atom stereocenters. The molecule has 1 aliphatic rings. The molecule has 1 aromatic rings. The molecule has 21 heavy (non-hydrogen) atoms. The Morgan fingerprint density at radius 3 is 2.76 bits per heavy atom. The van der Waals surface area contributed by atoms with Crippen LogP contribution in [0.5, 0.6) is 0 Å². The minimum atomic E-state index is -0.370. The first kappa shape index (κ1) is 16.1. The monoisotopic (exact) mass is 291 g/mol. The Balaban J connectivity index is 2.20. The van der Waals surface area contributed by atoms with Crippen LogP contribution in [0.25, 0.3) is 0 Å². The molecule has 1 fully saturated rings. The maximum Gasteiger partial charge on any atom is 0.240 e. The van der Waals surface area contributed by atoms with E-state index in [4.69, 9.17) is 5.73 Å². The van der Waals surface area contributed by atoms with E-state index in [1.54, 1.807) is 0 Å². The van der Waals surface area contributed by atoms with E-state index in [1.807, 2.05) is 4.90 Å². The van der Waals surface area contributed by atoms with Crippen LogP contribution >= 0.6 is 0 Å². The molecular formula is C17H29N3O. The van der Waals surface area contributed by atoms with E-state index in [1.165, 1.54) is 18.5 Å². The largest absolute Gasteiger partial charge is 0.353 e. The van der Waals surface area contributed by atoms with Gasteiger partial charge in [0.2, 0.25) is 5.91 Å². The Hall–Kier alpha value is -1.29. The molecule has 0 radical (unpaired) electrons. The summed E-state index contributed by atoms with van der Waals surface area (Å²) in [4.78, 5) is 14.8. The lowest BCUT2D eigenvalue weighted by atomic mass is 10.0. The molecule has 2 atom stereocenters. The van der Waals surface area contributed by atoms with Gasteiger partial charge in [-0.25, -0.2) is 0 Å². The number of carbonyl (C=O) groups excluding carboxylic acids is 1. The quantitative estimate of drug-likeness (QED) is 0.927. The first-order valence-corrected chi connectivity index (χ1v) is 8.18. The minimum absolute atomic E-state index is 0.122. The van der Waals surface area contributed by atoms with Gasteiger partial charge in [-0.3, -0.25) is 4.79 Å². The van der Waals surface area contributed by atoms with Crippen LogP contribution in [0, 0.1) is 5.92 Å². The maximum absolute atomic E-state index is 12.8. The molecule has 1 aliphatic heterocycles. The zero-order valence-electron chi connectivity index (χ0n) is 13.6. The van der Waals surface area contributed by atoms with Crippen molar-refractivity contribution in [3.63, 3.8) is 0 Å². The molecule has 0 aliphatic carbocycles. The van der Waals surface area contributed by atoms with Crippen molar-refractivity contribution in [2.24, 2.45) is 18.7 Å². The molecule has 1 saturated heterocycles. The molecule has 0 spiro atoms. The van der Waals surface area contributed by atoms with Crippen LogP contribution in [-0.2, 0) is 11.8 Å². The Bertz CT molecular complexity index is 466. The molecule has 2 heterocycles. The van der Waals surface area contributed by atoms with E-state index in [2.05, 4.69) is 43.8 Å². The number of amides is 1. The maximum atomic E-state index is 12.8. The minimum Gasteiger partial charge on any atom is -0.353 e. The number of hydrogen-bond donors (Lipinski definition) is 1. The molecule has 0 saturated carbocycles. The fourth-order valence-corrected chi connectivity index (χ4v) is 3.32.